The van der Waals surface area contributed by atoms with Gasteiger partial charge in [0.2, 0.25) is 0 Å². The summed E-state index contributed by atoms with van der Waals surface area (Å²) in [5.41, 5.74) is 1.60. The van der Waals surface area contributed by atoms with E-state index in [4.69, 9.17) is 9.84 Å². The molecule has 0 aliphatic carbocycles. The van der Waals surface area contributed by atoms with Crippen molar-refractivity contribution in [1.29, 1.82) is 0 Å². The van der Waals surface area contributed by atoms with Crippen LogP contribution in [0.4, 0.5) is 10.5 Å². The number of amides is 2. The van der Waals surface area contributed by atoms with E-state index in [1.54, 1.807) is 0 Å². The zero-order chi connectivity index (χ0) is 16.5. The first-order valence-electron chi connectivity index (χ1n) is 7.63. The fraction of sp³-hybridized carbons (Fsp3) is 0.278. The van der Waals surface area contributed by atoms with E-state index >= 15 is 0 Å². The van der Waals surface area contributed by atoms with Crippen LogP contribution >= 0.6 is 0 Å². The minimum atomic E-state index is -0.293. The minimum Gasteiger partial charge on any atom is -0.489 e. The number of carbonyl (C=O) groups is 1. The molecule has 23 heavy (non-hydrogen) atoms. The number of nitrogens with one attached hydrogen (secondary N) is 2. The van der Waals surface area contributed by atoms with Crippen LogP contribution in [0.2, 0.25) is 0 Å². The molecule has 2 amide bonds. The van der Waals surface area contributed by atoms with Gasteiger partial charge in [0.25, 0.3) is 0 Å². The Balaban J connectivity index is 1.95. The van der Waals surface area contributed by atoms with Crippen LogP contribution in [-0.4, -0.2) is 23.8 Å². The lowest BCUT2D eigenvalue weighted by Crippen LogP contribution is -2.36. The zero-order valence-corrected chi connectivity index (χ0v) is 13.2. The van der Waals surface area contributed by atoms with Crippen LogP contribution in [0.3, 0.4) is 0 Å². The number of carbonyl (C=O) groups excluding carboxylic acids is 1. The molecule has 1 atom stereocenters. The maximum atomic E-state index is 12.0. The molecule has 0 aliphatic heterocycles. The first-order chi connectivity index (χ1) is 11.2. The maximum Gasteiger partial charge on any atom is 0.319 e. The quantitative estimate of drug-likeness (QED) is 0.735. The number of benzene rings is 2. The molecule has 2 rings (SSSR count). The summed E-state index contributed by atoms with van der Waals surface area (Å²) in [6.07, 6.45) is 0.520. The highest BCUT2D eigenvalue weighted by Crippen LogP contribution is 2.18. The summed E-state index contributed by atoms with van der Waals surface area (Å²) >= 11 is 0. The average molecular weight is 314 g/mol. The van der Waals surface area contributed by atoms with E-state index < -0.39 is 0 Å². The largest absolute Gasteiger partial charge is 0.489 e. The van der Waals surface area contributed by atoms with Gasteiger partial charge in [0.05, 0.1) is 0 Å². The summed E-state index contributed by atoms with van der Waals surface area (Å²) < 4.78 is 5.73. The number of aliphatic hydroxyl groups excluding tert-OH is 1. The van der Waals surface area contributed by atoms with Crippen molar-refractivity contribution < 1.29 is 14.6 Å². The van der Waals surface area contributed by atoms with Crippen molar-refractivity contribution in [3.63, 3.8) is 0 Å². The second-order valence-electron chi connectivity index (χ2n) is 5.27. The fourth-order valence-electron chi connectivity index (χ4n) is 2.09. The molecule has 0 saturated heterocycles. The van der Waals surface area contributed by atoms with Crippen LogP contribution in [0.5, 0.6) is 5.75 Å². The number of urea groups is 1. The van der Waals surface area contributed by atoms with Gasteiger partial charge in [0.1, 0.15) is 12.4 Å². The Kier molecular flexibility index (Phi) is 6.44. The Hall–Kier alpha value is -2.53. The van der Waals surface area contributed by atoms with Crippen molar-refractivity contribution in [2.24, 2.45) is 0 Å². The Bertz CT molecular complexity index is 617. The number of para-hydroxylation sites is 2. The van der Waals surface area contributed by atoms with Gasteiger partial charge in [-0.3, -0.25) is 0 Å². The monoisotopic (exact) mass is 314 g/mol. The highest BCUT2D eigenvalue weighted by atomic mass is 16.5. The molecule has 0 unspecified atom stereocenters. The van der Waals surface area contributed by atoms with Crippen molar-refractivity contribution in [3.05, 3.63) is 60.2 Å². The number of hydrogen-bond donors (Lipinski definition) is 3. The smallest absolute Gasteiger partial charge is 0.319 e. The highest BCUT2D eigenvalue weighted by Gasteiger charge is 2.09. The second kappa shape index (κ2) is 8.80. The third-order valence-corrected chi connectivity index (χ3v) is 3.34. The van der Waals surface area contributed by atoms with E-state index in [1.807, 2.05) is 61.5 Å². The molecular formula is C18H22N2O3. The van der Waals surface area contributed by atoms with Gasteiger partial charge in [-0.15, -0.1) is 0 Å². The summed E-state index contributed by atoms with van der Waals surface area (Å²) in [4.78, 5) is 12.0. The summed E-state index contributed by atoms with van der Waals surface area (Å²) in [7, 11) is 0. The normalized spacial score (nSPS) is 11.6. The third kappa shape index (κ3) is 5.64. The van der Waals surface area contributed by atoms with E-state index in [1.165, 1.54) is 0 Å². The zero-order valence-electron chi connectivity index (χ0n) is 13.2. The van der Waals surface area contributed by atoms with Crippen LogP contribution < -0.4 is 15.4 Å². The first-order valence-corrected chi connectivity index (χ1v) is 7.63. The van der Waals surface area contributed by atoms with E-state index in [2.05, 4.69) is 10.6 Å². The molecular weight excluding hydrogens is 292 g/mol. The van der Waals surface area contributed by atoms with Crippen LogP contribution in [0, 0.1) is 0 Å². The molecule has 0 radical (unpaired) electrons. The standard InChI is InChI=1S/C18H22N2O3/c1-14(11-12-21)19-18(22)20-17-10-6-5-7-15(17)13-23-16-8-3-2-4-9-16/h2-10,14,21H,11-13H2,1H3,(H2,19,20,22)/t14-/m1/s1. The second-order valence-corrected chi connectivity index (χ2v) is 5.27. The molecule has 5 heteroatoms. The molecule has 2 aromatic rings. The molecule has 122 valence electrons. The topological polar surface area (TPSA) is 70.6 Å². The van der Waals surface area contributed by atoms with Gasteiger partial charge in [0.15, 0.2) is 0 Å². The van der Waals surface area contributed by atoms with Crippen molar-refractivity contribution in [3.8, 4) is 5.75 Å². The van der Waals surface area contributed by atoms with Crippen LogP contribution in [0.1, 0.15) is 18.9 Å². The van der Waals surface area contributed by atoms with Gasteiger partial charge in [-0.2, -0.15) is 0 Å². The lowest BCUT2D eigenvalue weighted by Gasteiger charge is -2.15. The number of anilines is 1. The highest BCUT2D eigenvalue weighted by molar-refractivity contribution is 5.90. The predicted octanol–water partition coefficient (Wildman–Crippen LogP) is 3.16. The molecule has 5 nitrogen and oxygen atoms in total. The Morgan fingerprint density at radius 1 is 1.13 bits per heavy atom. The van der Waals surface area contributed by atoms with E-state index in [-0.39, 0.29) is 18.7 Å². The van der Waals surface area contributed by atoms with Crippen molar-refractivity contribution in [2.75, 3.05) is 11.9 Å². The minimum absolute atomic E-state index is 0.0446. The summed E-state index contributed by atoms with van der Waals surface area (Å²) in [6, 6.07) is 16.7. The molecule has 0 fully saturated rings. The van der Waals surface area contributed by atoms with E-state index in [0.29, 0.717) is 18.7 Å². The van der Waals surface area contributed by atoms with Crippen LogP contribution in [-0.2, 0) is 6.61 Å². The van der Waals surface area contributed by atoms with Gasteiger partial charge in [-0.1, -0.05) is 36.4 Å². The van der Waals surface area contributed by atoms with E-state index in [0.717, 1.165) is 11.3 Å². The van der Waals surface area contributed by atoms with Gasteiger partial charge in [-0.25, -0.2) is 4.79 Å². The van der Waals surface area contributed by atoms with Gasteiger partial charge in [-0.05, 0) is 31.5 Å². The fourth-order valence-corrected chi connectivity index (χ4v) is 2.09. The van der Waals surface area contributed by atoms with Gasteiger partial charge < -0.3 is 20.5 Å². The van der Waals surface area contributed by atoms with Gasteiger partial charge >= 0.3 is 6.03 Å². The molecule has 2 aromatic carbocycles. The average Bonchev–Trinajstić information content (AvgIpc) is 2.55. The van der Waals surface area contributed by atoms with Crippen molar-refractivity contribution in [1.82, 2.24) is 5.32 Å². The molecule has 3 N–H and O–H groups in total. The van der Waals surface area contributed by atoms with Crippen LogP contribution in [0.25, 0.3) is 0 Å². The summed E-state index contributed by atoms with van der Waals surface area (Å²) in [5, 5.41) is 14.5. The lowest BCUT2D eigenvalue weighted by molar-refractivity contribution is 0.241. The van der Waals surface area contributed by atoms with E-state index in [9.17, 15) is 4.79 Å². The van der Waals surface area contributed by atoms with Crippen molar-refractivity contribution in [2.45, 2.75) is 26.0 Å². The number of rotatable bonds is 7. The van der Waals surface area contributed by atoms with Crippen molar-refractivity contribution >= 4 is 11.7 Å². The Labute approximate surface area is 136 Å². The number of aliphatic hydroxyl groups is 1. The molecule has 0 aromatic heterocycles. The Morgan fingerprint density at radius 3 is 2.57 bits per heavy atom. The summed E-state index contributed by atoms with van der Waals surface area (Å²) in [6.45, 7) is 2.26. The van der Waals surface area contributed by atoms with Crippen LogP contribution in [0.15, 0.2) is 54.6 Å². The molecule has 0 heterocycles. The molecule has 0 bridgehead atoms. The number of ether oxygens (including phenoxy) is 1. The maximum absolute atomic E-state index is 12.0. The SMILES string of the molecule is C[C@H](CCO)NC(=O)Nc1ccccc1COc1ccccc1. The molecule has 0 spiro atoms. The third-order valence-electron chi connectivity index (χ3n) is 3.34. The van der Waals surface area contributed by atoms with Gasteiger partial charge in [0, 0.05) is 23.9 Å². The molecule has 0 saturated carbocycles. The first kappa shape index (κ1) is 16.8. The summed E-state index contributed by atoms with van der Waals surface area (Å²) in [5.74, 6) is 0.781. The Morgan fingerprint density at radius 2 is 1.83 bits per heavy atom. The number of hydrogen-bond acceptors (Lipinski definition) is 3. The lowest BCUT2D eigenvalue weighted by atomic mass is 10.2. The molecule has 0 aliphatic rings. The predicted molar refractivity (Wildman–Crippen MR) is 90.5 cm³/mol.